The van der Waals surface area contributed by atoms with Gasteiger partial charge in [0.1, 0.15) is 0 Å². The lowest BCUT2D eigenvalue weighted by Crippen LogP contribution is -2.33. The van der Waals surface area contributed by atoms with Gasteiger partial charge in [0.2, 0.25) is 0 Å². The van der Waals surface area contributed by atoms with Gasteiger partial charge < -0.3 is 9.47 Å². The maximum Gasteiger partial charge on any atom is 0.309 e. The van der Waals surface area contributed by atoms with Crippen LogP contribution in [0.25, 0.3) is 0 Å². The lowest BCUT2D eigenvalue weighted by Gasteiger charge is -2.25. The average molecular weight is 621 g/mol. The molecule has 0 aliphatic heterocycles. The van der Waals surface area contributed by atoms with E-state index in [1.807, 2.05) is 0 Å². The summed E-state index contributed by atoms with van der Waals surface area (Å²) in [6.45, 7) is 7.61. The molecule has 0 aliphatic carbocycles. The van der Waals surface area contributed by atoms with Crippen molar-refractivity contribution in [1.29, 1.82) is 0 Å². The SMILES string of the molecule is CC/C=C\C/C=C\C/C=C\C/C=C\C/C=C\CCCC(=O)OC(C)(C)OC(=O)CCCC/C=C\C/C=C\C/C=C\CCCCC. The zero-order valence-electron chi connectivity index (χ0n) is 29.1. The van der Waals surface area contributed by atoms with E-state index in [0.29, 0.717) is 19.3 Å². The highest BCUT2D eigenvalue weighted by atomic mass is 16.7. The lowest BCUT2D eigenvalue weighted by atomic mass is 10.1. The van der Waals surface area contributed by atoms with Crippen LogP contribution in [-0.2, 0) is 19.1 Å². The fourth-order valence-corrected chi connectivity index (χ4v) is 4.23. The predicted octanol–water partition coefficient (Wildman–Crippen LogP) is 12.3. The van der Waals surface area contributed by atoms with E-state index in [1.54, 1.807) is 13.8 Å². The van der Waals surface area contributed by atoms with Gasteiger partial charge in [0, 0.05) is 26.7 Å². The lowest BCUT2D eigenvalue weighted by molar-refractivity contribution is -0.216. The second kappa shape index (κ2) is 32.3. The van der Waals surface area contributed by atoms with Crippen LogP contribution in [0.5, 0.6) is 0 Å². The number of unbranched alkanes of at least 4 members (excludes halogenated alkanes) is 6. The van der Waals surface area contributed by atoms with Gasteiger partial charge in [0.05, 0.1) is 0 Å². The van der Waals surface area contributed by atoms with Crippen molar-refractivity contribution >= 4 is 11.9 Å². The van der Waals surface area contributed by atoms with E-state index in [4.69, 9.17) is 9.47 Å². The fraction of sp³-hybridized carbons (Fsp3) is 0.561. The van der Waals surface area contributed by atoms with Crippen molar-refractivity contribution in [2.45, 2.75) is 149 Å². The topological polar surface area (TPSA) is 52.6 Å². The Hall–Kier alpha value is -3.14. The first-order valence-electron chi connectivity index (χ1n) is 17.5. The van der Waals surface area contributed by atoms with E-state index in [1.165, 1.54) is 25.7 Å². The Morgan fingerprint density at radius 3 is 1.18 bits per heavy atom. The Balaban J connectivity index is 3.84. The minimum Gasteiger partial charge on any atom is -0.423 e. The number of carbonyl (C=O) groups is 2. The van der Waals surface area contributed by atoms with Gasteiger partial charge in [-0.25, -0.2) is 0 Å². The largest absolute Gasteiger partial charge is 0.423 e. The molecule has 45 heavy (non-hydrogen) atoms. The van der Waals surface area contributed by atoms with Crippen LogP contribution in [-0.4, -0.2) is 17.7 Å². The van der Waals surface area contributed by atoms with Crippen LogP contribution in [0.15, 0.2) is 97.2 Å². The maximum atomic E-state index is 12.2. The molecule has 0 amide bonds. The first-order chi connectivity index (χ1) is 21.9. The Bertz CT molecular complexity index is 956. The molecule has 0 unspecified atom stereocenters. The summed E-state index contributed by atoms with van der Waals surface area (Å²) in [6.07, 6.45) is 51.6. The Morgan fingerprint density at radius 2 is 0.778 bits per heavy atom. The number of ether oxygens (including phenoxy) is 2. The molecule has 0 aromatic heterocycles. The summed E-state index contributed by atoms with van der Waals surface area (Å²) >= 11 is 0. The van der Waals surface area contributed by atoms with Crippen molar-refractivity contribution in [2.24, 2.45) is 0 Å². The molecule has 0 radical (unpaired) electrons. The van der Waals surface area contributed by atoms with Crippen molar-refractivity contribution in [3.8, 4) is 0 Å². The van der Waals surface area contributed by atoms with E-state index < -0.39 is 5.79 Å². The first kappa shape index (κ1) is 41.9. The second-order valence-electron chi connectivity index (χ2n) is 11.6. The zero-order chi connectivity index (χ0) is 33.1. The summed E-state index contributed by atoms with van der Waals surface area (Å²) in [5.41, 5.74) is 0. The van der Waals surface area contributed by atoms with Crippen molar-refractivity contribution in [3.05, 3.63) is 97.2 Å². The molecule has 0 atom stereocenters. The molecule has 252 valence electrons. The van der Waals surface area contributed by atoms with Gasteiger partial charge in [-0.15, -0.1) is 0 Å². The third kappa shape index (κ3) is 33.6. The van der Waals surface area contributed by atoms with Gasteiger partial charge in [-0.05, 0) is 89.9 Å². The molecule has 0 aromatic rings. The highest BCUT2D eigenvalue weighted by Gasteiger charge is 2.26. The summed E-state index contributed by atoms with van der Waals surface area (Å²) in [5, 5.41) is 0. The number of hydrogen-bond donors (Lipinski definition) is 0. The molecular formula is C41H64O4. The third-order valence-corrected chi connectivity index (χ3v) is 6.65. The number of esters is 2. The molecular weight excluding hydrogens is 556 g/mol. The van der Waals surface area contributed by atoms with E-state index in [0.717, 1.165) is 70.6 Å². The van der Waals surface area contributed by atoms with Gasteiger partial charge in [-0.2, -0.15) is 0 Å². The van der Waals surface area contributed by atoms with E-state index in [9.17, 15) is 9.59 Å². The van der Waals surface area contributed by atoms with Gasteiger partial charge >= 0.3 is 11.9 Å². The molecule has 0 fully saturated rings. The highest BCUT2D eigenvalue weighted by Crippen LogP contribution is 2.16. The Kier molecular flexibility index (Phi) is 30.0. The maximum absolute atomic E-state index is 12.2. The number of rotatable bonds is 28. The summed E-state index contributed by atoms with van der Waals surface area (Å²) in [5.74, 6) is -1.92. The molecule has 0 N–H and O–H groups in total. The molecule has 0 aliphatic rings. The van der Waals surface area contributed by atoms with Crippen LogP contribution >= 0.6 is 0 Å². The van der Waals surface area contributed by atoms with Crippen LogP contribution in [0, 0.1) is 0 Å². The van der Waals surface area contributed by atoms with Gasteiger partial charge in [-0.1, -0.05) is 124 Å². The van der Waals surface area contributed by atoms with Crippen LogP contribution < -0.4 is 0 Å². The average Bonchev–Trinajstić information content (AvgIpc) is 3.00. The fourth-order valence-electron chi connectivity index (χ4n) is 4.23. The van der Waals surface area contributed by atoms with E-state index >= 15 is 0 Å². The van der Waals surface area contributed by atoms with E-state index in [-0.39, 0.29) is 11.9 Å². The van der Waals surface area contributed by atoms with Crippen molar-refractivity contribution < 1.29 is 19.1 Å². The number of hydrogen-bond acceptors (Lipinski definition) is 4. The van der Waals surface area contributed by atoms with Crippen molar-refractivity contribution in [3.63, 3.8) is 0 Å². The van der Waals surface area contributed by atoms with Crippen LogP contribution in [0.3, 0.4) is 0 Å². The molecule has 0 spiro atoms. The van der Waals surface area contributed by atoms with Crippen molar-refractivity contribution in [2.75, 3.05) is 0 Å². The summed E-state index contributed by atoms with van der Waals surface area (Å²) < 4.78 is 10.8. The molecule has 0 saturated carbocycles. The summed E-state index contributed by atoms with van der Waals surface area (Å²) in [4.78, 5) is 24.5. The standard InChI is InChI=1S/C41H64O4/c1-5-7-9-11-13-15-17-19-21-22-24-26-28-30-32-34-36-38-40(43)45-41(3,4)44-39(42)37-35-33-31-29-27-25-23-20-18-16-14-12-10-8-6-2/h7,9,13-16,19-21,23-24,26-27,29-30,32H,5-6,8,10-12,17-18,22,25,28,31,33-38H2,1-4H3/b9-7-,15-13-,16-14-,21-19-,23-20-,26-24-,29-27-,32-30-. The molecule has 4 nitrogen and oxygen atoms in total. The summed E-state index contributed by atoms with van der Waals surface area (Å²) in [6, 6.07) is 0. The number of allylic oxidation sites excluding steroid dienone is 16. The van der Waals surface area contributed by atoms with Gasteiger partial charge in [-0.3, -0.25) is 9.59 Å². The third-order valence-electron chi connectivity index (χ3n) is 6.65. The van der Waals surface area contributed by atoms with Crippen molar-refractivity contribution in [1.82, 2.24) is 0 Å². The molecule has 0 heterocycles. The van der Waals surface area contributed by atoms with Crippen LogP contribution in [0.2, 0.25) is 0 Å². The molecule has 0 bridgehead atoms. The molecule has 0 saturated heterocycles. The first-order valence-corrected chi connectivity index (χ1v) is 17.5. The number of carbonyl (C=O) groups excluding carboxylic acids is 2. The Morgan fingerprint density at radius 1 is 0.444 bits per heavy atom. The Labute approximate surface area is 276 Å². The predicted molar refractivity (Wildman–Crippen MR) is 194 cm³/mol. The summed E-state index contributed by atoms with van der Waals surface area (Å²) in [7, 11) is 0. The van der Waals surface area contributed by atoms with Crippen LogP contribution in [0.4, 0.5) is 0 Å². The van der Waals surface area contributed by atoms with Crippen LogP contribution in [0.1, 0.15) is 143 Å². The quantitative estimate of drug-likeness (QED) is 0.0378. The molecule has 4 heteroatoms. The van der Waals surface area contributed by atoms with Gasteiger partial charge in [0.25, 0.3) is 5.79 Å². The monoisotopic (exact) mass is 620 g/mol. The minimum absolute atomic E-state index is 0.298. The second-order valence-corrected chi connectivity index (χ2v) is 11.6. The minimum atomic E-state index is -1.25. The van der Waals surface area contributed by atoms with Gasteiger partial charge in [0.15, 0.2) is 0 Å². The highest BCUT2D eigenvalue weighted by molar-refractivity contribution is 5.71. The zero-order valence-corrected chi connectivity index (χ0v) is 29.1. The normalized spacial score (nSPS) is 13.1. The van der Waals surface area contributed by atoms with E-state index in [2.05, 4.69) is 111 Å². The molecule has 0 aromatic carbocycles. The smallest absolute Gasteiger partial charge is 0.309 e. The molecule has 0 rings (SSSR count).